The molecule has 3 aromatic rings. The summed E-state index contributed by atoms with van der Waals surface area (Å²) in [6.07, 6.45) is 0.658. The molecule has 0 unspecified atom stereocenters. The monoisotopic (exact) mass is 868 g/mol. The third kappa shape index (κ3) is 14.2. The van der Waals surface area contributed by atoms with E-state index < -0.39 is 53.2 Å². The first-order valence-corrected chi connectivity index (χ1v) is 21.7. The Bertz CT molecular complexity index is 1960. The number of nitrogens with zero attached hydrogens (tertiary/aromatic N) is 2. The van der Waals surface area contributed by atoms with Crippen molar-refractivity contribution in [2.75, 3.05) is 13.2 Å². The Morgan fingerprint density at radius 3 is 2.32 bits per heavy atom. The number of primary amides is 1. The van der Waals surface area contributed by atoms with Crippen molar-refractivity contribution in [2.24, 2.45) is 11.1 Å². The van der Waals surface area contributed by atoms with Crippen LogP contribution >= 0.6 is 22.9 Å². The van der Waals surface area contributed by atoms with Crippen LogP contribution in [-0.2, 0) is 30.3 Å². The third-order valence-electron chi connectivity index (χ3n) is 10.1. The Labute approximate surface area is 362 Å². The normalized spacial score (nSPS) is 17.0. The van der Waals surface area contributed by atoms with Gasteiger partial charge in [0.2, 0.25) is 23.6 Å². The number of rotatable bonds is 18. The number of carbonyl (C=O) groups is 5. The molecule has 2 heterocycles. The van der Waals surface area contributed by atoms with Gasteiger partial charge < -0.3 is 41.2 Å². The number of thiazole rings is 1. The van der Waals surface area contributed by atoms with Gasteiger partial charge >= 0.3 is 6.09 Å². The lowest BCUT2D eigenvalue weighted by Gasteiger charge is -2.35. The van der Waals surface area contributed by atoms with Crippen LogP contribution in [0.15, 0.2) is 48.0 Å². The first-order valence-electron chi connectivity index (χ1n) is 20.4. The number of alkyl carbamates (subject to hydrolysis) is 1. The number of nitrogens with two attached hydrogens (primary N) is 1. The van der Waals surface area contributed by atoms with E-state index in [1.807, 2.05) is 70.5 Å². The molecule has 1 aliphatic heterocycles. The fourth-order valence-electron chi connectivity index (χ4n) is 6.89. The summed E-state index contributed by atoms with van der Waals surface area (Å²) in [5, 5.41) is 19.7. The topological polar surface area (TPSA) is 202 Å². The molecule has 5 atom stereocenters. The molecule has 0 radical (unpaired) electrons. The maximum atomic E-state index is 14.1. The number of hydrogen-bond acceptors (Lipinski definition) is 10. The minimum atomic E-state index is -0.939. The lowest BCUT2D eigenvalue weighted by Crippen LogP contribution is -2.57. The zero-order chi connectivity index (χ0) is 44.4. The van der Waals surface area contributed by atoms with Crippen molar-refractivity contribution in [2.45, 2.75) is 136 Å². The fourth-order valence-corrected chi connectivity index (χ4v) is 7.98. The number of β-amino-alcohol motifs (C(OH)–C–C–N with tert-alkyl or cyclic N) is 1. The van der Waals surface area contributed by atoms with Crippen molar-refractivity contribution < 1.29 is 38.6 Å². The van der Waals surface area contributed by atoms with Crippen LogP contribution < -0.4 is 26.4 Å². The average Bonchev–Trinajstić information content (AvgIpc) is 3.78. The highest BCUT2D eigenvalue weighted by atomic mass is 35.5. The van der Waals surface area contributed by atoms with E-state index in [2.05, 4.69) is 20.9 Å². The Kier molecular flexibility index (Phi) is 16.9. The molecule has 1 fully saturated rings. The molecule has 0 bridgehead atoms. The number of aliphatic hydroxyl groups is 1. The number of nitrogens with one attached hydrogen (secondary N) is 3. The van der Waals surface area contributed by atoms with Gasteiger partial charge in [-0.15, -0.1) is 11.3 Å². The van der Waals surface area contributed by atoms with Gasteiger partial charge in [-0.2, -0.15) is 0 Å². The lowest BCUT2D eigenvalue weighted by atomic mass is 9.85. The molecule has 0 spiro atoms. The van der Waals surface area contributed by atoms with Gasteiger partial charge in [0.1, 0.15) is 30.0 Å². The maximum Gasteiger partial charge on any atom is 0.407 e. The van der Waals surface area contributed by atoms with E-state index in [-0.39, 0.29) is 56.7 Å². The molecular weight excluding hydrogens is 808 g/mol. The van der Waals surface area contributed by atoms with Crippen LogP contribution in [0.3, 0.4) is 0 Å². The summed E-state index contributed by atoms with van der Waals surface area (Å²) in [5.41, 5.74) is 9.45. The van der Waals surface area contributed by atoms with Crippen molar-refractivity contribution in [1.82, 2.24) is 25.8 Å². The van der Waals surface area contributed by atoms with E-state index in [0.717, 1.165) is 27.3 Å². The van der Waals surface area contributed by atoms with Gasteiger partial charge in [-0.3, -0.25) is 19.2 Å². The summed E-state index contributed by atoms with van der Waals surface area (Å²) >= 11 is 8.29. The minimum absolute atomic E-state index is 0.0194. The molecule has 2 aromatic carbocycles. The second kappa shape index (κ2) is 21.2. The standard InChI is InChI=1S/C44H61ClN6O8S/c1-26(28-16-18-30(19-17-28)38-27(2)47-25-60-38)48-40(55)33-22-32(52)23-51(33)41(56)39(43(3,4)5)50-36(54)15-10-9-12-29-13-11-14-34(37(29)45)58-24-31(20-21-35(46)53)49-42(57)59-44(6,7)8/h11,13-14,16-19,25-26,31-33,39,52H,9-10,12,15,20-24H2,1-8H3,(H2,46,53)(H,48,55)(H,49,57)(H,50,54)/t26-,31-,32-,33-,39+/m0/s1. The van der Waals surface area contributed by atoms with E-state index in [9.17, 15) is 29.1 Å². The zero-order valence-corrected chi connectivity index (χ0v) is 37.5. The van der Waals surface area contributed by atoms with Gasteiger partial charge in [0, 0.05) is 25.8 Å². The largest absolute Gasteiger partial charge is 0.490 e. The number of carbonyl (C=O) groups excluding carboxylic acids is 5. The first kappa shape index (κ1) is 47.9. The van der Waals surface area contributed by atoms with E-state index in [4.69, 9.17) is 26.8 Å². The number of aliphatic hydroxyl groups excluding tert-OH is 1. The van der Waals surface area contributed by atoms with Gasteiger partial charge in [0.15, 0.2) is 0 Å². The van der Waals surface area contributed by atoms with Crippen molar-refractivity contribution in [3.8, 4) is 16.2 Å². The van der Waals surface area contributed by atoms with Gasteiger partial charge in [0.05, 0.1) is 39.3 Å². The van der Waals surface area contributed by atoms with Gasteiger partial charge in [-0.1, -0.05) is 68.8 Å². The zero-order valence-electron chi connectivity index (χ0n) is 35.9. The summed E-state index contributed by atoms with van der Waals surface area (Å²) in [5.74, 6) is -1.21. The number of aromatic nitrogens is 1. The molecule has 4 rings (SSSR count). The lowest BCUT2D eigenvalue weighted by molar-refractivity contribution is -0.144. The number of halogens is 1. The summed E-state index contributed by atoms with van der Waals surface area (Å²) < 4.78 is 11.3. The van der Waals surface area contributed by atoms with E-state index in [1.165, 1.54) is 4.90 Å². The molecule has 6 N–H and O–H groups in total. The minimum Gasteiger partial charge on any atom is -0.490 e. The molecule has 1 saturated heterocycles. The molecule has 14 nitrogen and oxygen atoms in total. The number of likely N-dealkylation sites (tertiary alicyclic amines) is 1. The number of amides is 5. The van der Waals surface area contributed by atoms with Crippen LogP contribution in [0, 0.1) is 12.3 Å². The molecule has 1 aromatic heterocycles. The van der Waals surface area contributed by atoms with Crippen LogP contribution in [0.25, 0.3) is 10.4 Å². The van der Waals surface area contributed by atoms with Crippen LogP contribution in [0.2, 0.25) is 5.02 Å². The molecule has 1 aliphatic rings. The van der Waals surface area contributed by atoms with Gasteiger partial charge in [-0.25, -0.2) is 9.78 Å². The molecule has 5 amide bonds. The van der Waals surface area contributed by atoms with Crippen LogP contribution in [0.1, 0.15) is 110 Å². The number of hydrogen-bond donors (Lipinski definition) is 5. The maximum absolute atomic E-state index is 14.1. The van der Waals surface area contributed by atoms with Crippen molar-refractivity contribution in [3.63, 3.8) is 0 Å². The fraction of sp³-hybridized carbons (Fsp3) is 0.545. The quantitative estimate of drug-likeness (QED) is 0.0898. The molecule has 60 heavy (non-hydrogen) atoms. The first-order chi connectivity index (χ1) is 28.1. The van der Waals surface area contributed by atoms with Crippen LogP contribution in [0.5, 0.6) is 5.75 Å². The number of ether oxygens (including phenoxy) is 2. The van der Waals surface area contributed by atoms with Gasteiger partial charge in [0.25, 0.3) is 0 Å². The van der Waals surface area contributed by atoms with E-state index >= 15 is 0 Å². The highest BCUT2D eigenvalue weighted by Gasteiger charge is 2.44. The molecule has 0 aliphatic carbocycles. The molecule has 16 heteroatoms. The summed E-state index contributed by atoms with van der Waals surface area (Å²) in [6.45, 7) is 14.6. The van der Waals surface area contributed by atoms with Crippen LogP contribution in [-0.4, -0.2) is 87.7 Å². The van der Waals surface area contributed by atoms with E-state index in [1.54, 1.807) is 44.2 Å². The Morgan fingerprint density at radius 2 is 1.70 bits per heavy atom. The van der Waals surface area contributed by atoms with Crippen molar-refractivity contribution >= 4 is 52.7 Å². The Morgan fingerprint density at radius 1 is 1.00 bits per heavy atom. The molecule has 328 valence electrons. The Hall–Kier alpha value is -4.73. The van der Waals surface area contributed by atoms with E-state index in [0.29, 0.717) is 30.0 Å². The Balaban J connectivity index is 1.31. The summed E-state index contributed by atoms with van der Waals surface area (Å²) in [4.78, 5) is 71.7. The smallest absolute Gasteiger partial charge is 0.407 e. The second-order valence-corrected chi connectivity index (χ2v) is 18.7. The van der Waals surface area contributed by atoms with Gasteiger partial charge in [-0.05, 0) is 88.5 Å². The highest BCUT2D eigenvalue weighted by molar-refractivity contribution is 7.13. The predicted molar refractivity (Wildman–Crippen MR) is 232 cm³/mol. The highest BCUT2D eigenvalue weighted by Crippen LogP contribution is 2.31. The number of unbranched alkanes of at least 4 members (excludes halogenated alkanes) is 1. The second-order valence-electron chi connectivity index (χ2n) is 17.5. The summed E-state index contributed by atoms with van der Waals surface area (Å²) in [7, 11) is 0. The van der Waals surface area contributed by atoms with Crippen LogP contribution in [0.4, 0.5) is 4.79 Å². The number of benzene rings is 2. The third-order valence-corrected chi connectivity index (χ3v) is 11.5. The predicted octanol–water partition coefficient (Wildman–Crippen LogP) is 6.39. The van der Waals surface area contributed by atoms with Crippen molar-refractivity contribution in [3.05, 3.63) is 69.8 Å². The number of aryl methyl sites for hydroxylation is 2. The molecule has 0 saturated carbocycles. The average molecular weight is 870 g/mol. The SMILES string of the molecule is Cc1ncsc1-c1ccc([C@H](C)NC(=O)[C@@H]2C[C@H](O)CN2C(=O)[C@@H](NC(=O)CCCCc2cccc(OC[C@H](CCC(N)=O)NC(=O)OC(C)(C)C)c2Cl)C(C)(C)C)cc1. The molecular formula is C44H61ClN6O8S. The summed E-state index contributed by atoms with van der Waals surface area (Å²) in [6, 6.07) is 10.5. The van der Waals surface area contributed by atoms with Crippen molar-refractivity contribution in [1.29, 1.82) is 0 Å².